The Morgan fingerprint density at radius 1 is 0.769 bits per heavy atom. The van der Waals surface area contributed by atoms with Crippen molar-refractivity contribution in [2.75, 3.05) is 0 Å². The molecule has 144 valence electrons. The van der Waals surface area contributed by atoms with Crippen molar-refractivity contribution in [3.05, 3.63) is 12.3 Å². The van der Waals surface area contributed by atoms with Crippen LogP contribution in [0.25, 0.3) is 0 Å². The van der Waals surface area contributed by atoms with Crippen LogP contribution in [0.3, 0.4) is 0 Å². The molecule has 0 radical (unpaired) electrons. The number of allylic oxidation sites excluding steroid dienone is 1. The number of esters is 1. The summed E-state index contributed by atoms with van der Waals surface area (Å²) in [4.78, 5) is 21.4. The number of hydrogen-bond donors (Lipinski definition) is 1. The molecule has 0 bridgehead atoms. The SMILES string of the molecule is CCCCCCCCCCCCCCC=COC(=O)CCC(=O)O.[NaH].[NaH]. The van der Waals surface area contributed by atoms with Crippen LogP contribution in [-0.2, 0) is 14.3 Å². The monoisotopic (exact) mass is 388 g/mol. The predicted octanol–water partition coefficient (Wildman–Crippen LogP) is 4.70. The Kier molecular flexibility index (Phi) is 31.0. The molecule has 0 aliphatic rings. The molecule has 1 N–H and O–H groups in total. The first kappa shape index (κ1) is 31.4. The maximum atomic E-state index is 11.1. The Morgan fingerprint density at radius 3 is 1.69 bits per heavy atom. The molecule has 26 heavy (non-hydrogen) atoms. The molecule has 0 unspecified atom stereocenters. The van der Waals surface area contributed by atoms with Gasteiger partial charge in [0, 0.05) is 0 Å². The number of carboxylic acid groups (broad SMARTS) is 1. The molecule has 0 saturated carbocycles. The van der Waals surface area contributed by atoms with Crippen molar-refractivity contribution in [2.45, 2.75) is 103 Å². The first-order chi connectivity index (χ1) is 11.7. The van der Waals surface area contributed by atoms with Gasteiger partial charge in [0.2, 0.25) is 0 Å². The van der Waals surface area contributed by atoms with Crippen LogP contribution < -0.4 is 0 Å². The van der Waals surface area contributed by atoms with Gasteiger partial charge >= 0.3 is 71.1 Å². The van der Waals surface area contributed by atoms with Gasteiger partial charge in [0.25, 0.3) is 0 Å². The first-order valence-electron chi connectivity index (χ1n) is 9.73. The van der Waals surface area contributed by atoms with E-state index in [1.807, 2.05) is 6.08 Å². The zero-order valence-corrected chi connectivity index (χ0v) is 15.4. The fourth-order valence-electron chi connectivity index (χ4n) is 2.56. The summed E-state index contributed by atoms with van der Waals surface area (Å²) in [6, 6.07) is 0. The van der Waals surface area contributed by atoms with Gasteiger partial charge in [-0.15, -0.1) is 0 Å². The number of carbonyl (C=O) groups excluding carboxylic acids is 1. The van der Waals surface area contributed by atoms with Gasteiger partial charge in [-0.3, -0.25) is 9.59 Å². The summed E-state index contributed by atoms with van der Waals surface area (Å²) in [5.74, 6) is -1.46. The molecule has 0 aromatic heterocycles. The van der Waals surface area contributed by atoms with Crippen LogP contribution in [0.5, 0.6) is 0 Å². The van der Waals surface area contributed by atoms with Gasteiger partial charge in [0.15, 0.2) is 0 Å². The van der Waals surface area contributed by atoms with Gasteiger partial charge in [-0.2, -0.15) is 0 Å². The molecular weight excluding hydrogens is 350 g/mol. The van der Waals surface area contributed by atoms with Crippen molar-refractivity contribution >= 4 is 71.1 Å². The fraction of sp³-hybridized carbons (Fsp3) is 0.800. The quantitative estimate of drug-likeness (QED) is 0.170. The van der Waals surface area contributed by atoms with E-state index in [1.165, 1.54) is 76.9 Å². The Bertz CT molecular complexity index is 347. The Balaban J connectivity index is -0.00000264. The Labute approximate surface area is 204 Å². The van der Waals surface area contributed by atoms with E-state index in [-0.39, 0.29) is 72.0 Å². The van der Waals surface area contributed by atoms with Crippen molar-refractivity contribution in [3.8, 4) is 0 Å². The van der Waals surface area contributed by atoms with E-state index in [9.17, 15) is 9.59 Å². The minimum absolute atomic E-state index is 0. The van der Waals surface area contributed by atoms with Crippen LogP contribution in [0.2, 0.25) is 0 Å². The molecule has 6 heteroatoms. The second-order valence-electron chi connectivity index (χ2n) is 6.43. The fourth-order valence-corrected chi connectivity index (χ4v) is 2.56. The number of ether oxygens (including phenoxy) is 1. The predicted molar refractivity (Wildman–Crippen MR) is 112 cm³/mol. The molecule has 4 nitrogen and oxygen atoms in total. The van der Waals surface area contributed by atoms with Crippen molar-refractivity contribution in [2.24, 2.45) is 0 Å². The van der Waals surface area contributed by atoms with E-state index in [2.05, 4.69) is 6.92 Å². The zero-order valence-electron chi connectivity index (χ0n) is 15.4. The normalized spacial score (nSPS) is 10.2. The summed E-state index contributed by atoms with van der Waals surface area (Å²) >= 11 is 0. The summed E-state index contributed by atoms with van der Waals surface area (Å²) in [5, 5.41) is 8.44. The van der Waals surface area contributed by atoms with E-state index >= 15 is 0 Å². The third-order valence-electron chi connectivity index (χ3n) is 4.06. The average Bonchev–Trinajstić information content (AvgIpc) is 2.56. The van der Waals surface area contributed by atoms with E-state index in [4.69, 9.17) is 9.84 Å². The summed E-state index contributed by atoms with van der Waals surface area (Å²) < 4.78 is 4.82. The number of carbonyl (C=O) groups is 2. The van der Waals surface area contributed by atoms with Gasteiger partial charge in [0.05, 0.1) is 19.1 Å². The average molecular weight is 389 g/mol. The maximum absolute atomic E-state index is 11.1. The molecule has 0 atom stereocenters. The Hall–Kier alpha value is 0.680. The second kappa shape index (κ2) is 25.7. The first-order valence-corrected chi connectivity index (χ1v) is 9.73. The third kappa shape index (κ3) is 26.9. The molecule has 0 heterocycles. The molecule has 0 aliphatic heterocycles. The van der Waals surface area contributed by atoms with E-state index < -0.39 is 11.9 Å². The van der Waals surface area contributed by atoms with Crippen molar-refractivity contribution in [3.63, 3.8) is 0 Å². The van der Waals surface area contributed by atoms with Gasteiger partial charge < -0.3 is 9.84 Å². The second-order valence-corrected chi connectivity index (χ2v) is 6.43. The van der Waals surface area contributed by atoms with Gasteiger partial charge in [0.1, 0.15) is 0 Å². The number of unbranched alkanes of at least 4 members (excludes halogenated alkanes) is 12. The molecule has 0 aromatic rings. The summed E-state index contributed by atoms with van der Waals surface area (Å²) in [7, 11) is 0. The molecule has 0 aliphatic carbocycles. The van der Waals surface area contributed by atoms with Crippen LogP contribution in [0.4, 0.5) is 0 Å². The molecule has 0 rings (SSSR count). The zero-order chi connectivity index (χ0) is 17.9. The molecule has 0 fully saturated rings. The van der Waals surface area contributed by atoms with Gasteiger partial charge in [-0.25, -0.2) is 0 Å². The van der Waals surface area contributed by atoms with E-state index in [1.54, 1.807) is 0 Å². The van der Waals surface area contributed by atoms with Crippen LogP contribution in [0.1, 0.15) is 103 Å². The molecule has 0 saturated heterocycles. The minimum atomic E-state index is -0.979. The van der Waals surface area contributed by atoms with Crippen molar-refractivity contribution in [1.29, 1.82) is 0 Å². The standard InChI is InChI=1S/C20H36O4.2Na.2H/c1-2-3-4-5-6-7-8-9-10-11-12-13-14-15-18-24-20(23)17-16-19(21)22;;;;/h15,18H,2-14,16-17H2,1H3,(H,21,22);;;;. The molecule has 0 aromatic carbocycles. The summed E-state index contributed by atoms with van der Waals surface area (Å²) in [6.45, 7) is 2.25. The van der Waals surface area contributed by atoms with Gasteiger partial charge in [-0.1, -0.05) is 77.6 Å². The Morgan fingerprint density at radius 2 is 1.23 bits per heavy atom. The molecule has 0 amide bonds. The summed E-state index contributed by atoms with van der Waals surface area (Å²) in [5.41, 5.74) is 0. The number of hydrogen-bond acceptors (Lipinski definition) is 3. The van der Waals surface area contributed by atoms with E-state index in [0.29, 0.717) is 0 Å². The van der Waals surface area contributed by atoms with Crippen molar-refractivity contribution in [1.82, 2.24) is 0 Å². The number of rotatable bonds is 17. The van der Waals surface area contributed by atoms with E-state index in [0.717, 1.165) is 12.8 Å². The summed E-state index contributed by atoms with van der Waals surface area (Å²) in [6.07, 6.45) is 19.8. The molecule has 0 spiro atoms. The van der Waals surface area contributed by atoms with Crippen LogP contribution in [0.15, 0.2) is 12.3 Å². The van der Waals surface area contributed by atoms with Crippen LogP contribution >= 0.6 is 0 Å². The number of aliphatic carboxylic acids is 1. The van der Waals surface area contributed by atoms with Crippen LogP contribution in [0, 0.1) is 0 Å². The topological polar surface area (TPSA) is 63.6 Å². The van der Waals surface area contributed by atoms with Crippen LogP contribution in [-0.4, -0.2) is 76.2 Å². The van der Waals surface area contributed by atoms with Gasteiger partial charge in [-0.05, 0) is 18.9 Å². The number of carboxylic acids is 1. The third-order valence-corrected chi connectivity index (χ3v) is 4.06. The molecular formula is C20H38Na2O4. The van der Waals surface area contributed by atoms with Crippen molar-refractivity contribution < 1.29 is 19.4 Å².